The minimum atomic E-state index is -4.67. The van der Waals surface area contributed by atoms with Gasteiger partial charge < -0.3 is 5.11 Å². The summed E-state index contributed by atoms with van der Waals surface area (Å²) in [7, 11) is 0. The molecule has 1 heterocycles. The van der Waals surface area contributed by atoms with Gasteiger partial charge >= 0.3 is 12.1 Å². The number of nitrogens with zero attached hydrogens (tertiary/aromatic N) is 2. The number of nitro benzene ring substituents is 1. The molecule has 1 aromatic heterocycles. The fourth-order valence-electron chi connectivity index (χ4n) is 2.02. The third kappa shape index (κ3) is 3.62. The van der Waals surface area contributed by atoms with Crippen LogP contribution < -0.4 is 0 Å². The van der Waals surface area contributed by atoms with E-state index in [-0.39, 0.29) is 16.9 Å². The van der Waals surface area contributed by atoms with Gasteiger partial charge in [-0.25, -0.2) is 0 Å². The van der Waals surface area contributed by atoms with Gasteiger partial charge in [0.25, 0.3) is 5.69 Å². The first-order valence-electron chi connectivity index (χ1n) is 6.31. The average molecular weight is 361 g/mol. The Kier molecular flexibility index (Phi) is 4.74. The number of hydrogen-bond donors (Lipinski definition) is 1. The van der Waals surface area contributed by atoms with E-state index < -0.39 is 33.6 Å². The Morgan fingerprint density at radius 2 is 1.88 bits per heavy atom. The molecule has 1 unspecified atom stereocenters. The molecule has 0 amide bonds. The summed E-state index contributed by atoms with van der Waals surface area (Å²) >= 11 is 5.77. The Morgan fingerprint density at radius 3 is 2.29 bits per heavy atom. The van der Waals surface area contributed by atoms with Crippen molar-refractivity contribution < 1.29 is 28.0 Å². The summed E-state index contributed by atoms with van der Waals surface area (Å²) in [4.78, 5) is 25.0. The van der Waals surface area contributed by atoms with Gasteiger partial charge in [-0.2, -0.15) is 13.2 Å². The molecule has 6 nitrogen and oxygen atoms in total. The number of carbonyl (C=O) groups is 1. The predicted molar refractivity (Wildman–Crippen MR) is 76.8 cm³/mol. The molecule has 2 aromatic rings. The van der Waals surface area contributed by atoms with Gasteiger partial charge in [-0.05, 0) is 11.6 Å². The van der Waals surface area contributed by atoms with Crippen LogP contribution in [0.1, 0.15) is 22.7 Å². The Hall–Kier alpha value is -2.68. The first-order chi connectivity index (χ1) is 11.1. The van der Waals surface area contributed by atoms with Gasteiger partial charge in [-0.3, -0.25) is 19.9 Å². The highest BCUT2D eigenvalue weighted by molar-refractivity contribution is 6.31. The van der Waals surface area contributed by atoms with Crippen LogP contribution >= 0.6 is 11.6 Å². The zero-order chi connectivity index (χ0) is 18.1. The van der Waals surface area contributed by atoms with E-state index in [0.717, 1.165) is 12.1 Å². The summed E-state index contributed by atoms with van der Waals surface area (Å²) in [6.07, 6.45) is -4.18. The van der Waals surface area contributed by atoms with Crippen molar-refractivity contribution in [1.29, 1.82) is 0 Å². The summed E-state index contributed by atoms with van der Waals surface area (Å²) in [5, 5.41) is 19.5. The maximum atomic E-state index is 12.6. The average Bonchev–Trinajstić information content (AvgIpc) is 2.48. The quantitative estimate of drug-likeness (QED) is 0.659. The summed E-state index contributed by atoms with van der Waals surface area (Å²) in [6.45, 7) is 0. The van der Waals surface area contributed by atoms with E-state index in [4.69, 9.17) is 11.6 Å². The first-order valence-corrected chi connectivity index (χ1v) is 6.69. The van der Waals surface area contributed by atoms with E-state index in [0.29, 0.717) is 12.3 Å². The van der Waals surface area contributed by atoms with E-state index in [1.807, 2.05) is 0 Å². The molecular weight excluding hydrogens is 353 g/mol. The van der Waals surface area contributed by atoms with Crippen molar-refractivity contribution in [3.8, 4) is 0 Å². The van der Waals surface area contributed by atoms with Crippen LogP contribution in [0.5, 0.6) is 0 Å². The molecule has 1 atom stereocenters. The molecule has 2 rings (SSSR count). The molecule has 0 aliphatic carbocycles. The third-order valence-corrected chi connectivity index (χ3v) is 3.46. The van der Waals surface area contributed by atoms with Gasteiger partial charge in [0.15, 0.2) is 0 Å². The largest absolute Gasteiger partial charge is 0.480 e. The highest BCUT2D eigenvalue weighted by Gasteiger charge is 2.33. The number of halogens is 4. The molecule has 126 valence electrons. The molecule has 0 aliphatic heterocycles. The Balaban J connectivity index is 2.48. The number of aliphatic carboxylic acids is 1. The number of nitro groups is 1. The van der Waals surface area contributed by atoms with E-state index >= 15 is 0 Å². The second-order valence-corrected chi connectivity index (χ2v) is 5.12. The maximum Gasteiger partial charge on any atom is 0.417 e. The van der Waals surface area contributed by atoms with Crippen molar-refractivity contribution in [2.75, 3.05) is 0 Å². The number of hydrogen-bond acceptors (Lipinski definition) is 4. The Bertz CT molecular complexity index is 794. The molecule has 0 fully saturated rings. The topological polar surface area (TPSA) is 93.3 Å². The lowest BCUT2D eigenvalue weighted by molar-refractivity contribution is -0.384. The van der Waals surface area contributed by atoms with Crippen LogP contribution in [-0.2, 0) is 11.0 Å². The van der Waals surface area contributed by atoms with Crippen molar-refractivity contribution in [3.63, 3.8) is 0 Å². The second kappa shape index (κ2) is 6.44. The van der Waals surface area contributed by atoms with Gasteiger partial charge in [-0.15, -0.1) is 0 Å². The van der Waals surface area contributed by atoms with Crippen LogP contribution in [0.15, 0.2) is 36.5 Å². The van der Waals surface area contributed by atoms with E-state index in [2.05, 4.69) is 4.98 Å². The van der Waals surface area contributed by atoms with E-state index in [1.165, 1.54) is 12.1 Å². The van der Waals surface area contributed by atoms with Crippen molar-refractivity contribution in [3.05, 3.63) is 68.5 Å². The van der Waals surface area contributed by atoms with Gasteiger partial charge in [0.2, 0.25) is 0 Å². The molecule has 1 N–H and O–H groups in total. The molecule has 0 spiro atoms. The van der Waals surface area contributed by atoms with Gasteiger partial charge in [0.1, 0.15) is 5.92 Å². The molecule has 0 saturated carbocycles. The molecule has 0 aliphatic rings. The highest BCUT2D eigenvalue weighted by Crippen LogP contribution is 2.35. The van der Waals surface area contributed by atoms with E-state index in [9.17, 15) is 33.2 Å². The maximum absolute atomic E-state index is 12.6. The number of aromatic nitrogens is 1. The number of pyridine rings is 1. The predicted octanol–water partition coefficient (Wildman–Crippen LogP) is 3.88. The van der Waals surface area contributed by atoms with Crippen molar-refractivity contribution in [2.24, 2.45) is 0 Å². The van der Waals surface area contributed by atoms with E-state index in [1.54, 1.807) is 0 Å². The van der Waals surface area contributed by atoms with Crippen LogP contribution in [0, 0.1) is 10.1 Å². The third-order valence-electron chi connectivity index (χ3n) is 3.15. The summed E-state index contributed by atoms with van der Waals surface area (Å²) in [6, 6.07) is 5.14. The zero-order valence-electron chi connectivity index (χ0n) is 11.6. The molecular formula is C14H8ClF3N2O4. The molecule has 24 heavy (non-hydrogen) atoms. The molecule has 0 radical (unpaired) electrons. The SMILES string of the molecule is O=C(O)C(c1ccc([N+](=O)[O-])cc1)c1ncc(C(F)(F)F)cc1Cl. The fourth-order valence-corrected chi connectivity index (χ4v) is 2.30. The van der Waals surface area contributed by atoms with Gasteiger partial charge in [0.05, 0.1) is 21.2 Å². The molecule has 1 aromatic carbocycles. The minimum Gasteiger partial charge on any atom is -0.480 e. The van der Waals surface area contributed by atoms with Crippen molar-refractivity contribution in [1.82, 2.24) is 4.98 Å². The zero-order valence-corrected chi connectivity index (χ0v) is 12.4. The number of rotatable bonds is 4. The molecule has 0 bridgehead atoms. The number of carboxylic acid groups (broad SMARTS) is 1. The van der Waals surface area contributed by atoms with Crippen LogP contribution in [-0.4, -0.2) is 21.0 Å². The second-order valence-electron chi connectivity index (χ2n) is 4.71. The smallest absolute Gasteiger partial charge is 0.417 e. The van der Waals surface area contributed by atoms with Crippen molar-refractivity contribution >= 4 is 23.3 Å². The first kappa shape index (κ1) is 17.7. The number of benzene rings is 1. The fraction of sp³-hybridized carbons (Fsp3) is 0.143. The minimum absolute atomic E-state index is 0.0993. The highest BCUT2D eigenvalue weighted by atomic mass is 35.5. The van der Waals surface area contributed by atoms with Crippen molar-refractivity contribution in [2.45, 2.75) is 12.1 Å². The van der Waals surface area contributed by atoms with Crippen LogP contribution in [0.3, 0.4) is 0 Å². The summed E-state index contributed by atoms with van der Waals surface area (Å²) in [5.41, 5.74) is -1.55. The van der Waals surface area contributed by atoms with Gasteiger partial charge in [0, 0.05) is 18.3 Å². The van der Waals surface area contributed by atoms with Crippen LogP contribution in [0.2, 0.25) is 5.02 Å². The lowest BCUT2D eigenvalue weighted by Gasteiger charge is -2.15. The lowest BCUT2D eigenvalue weighted by Crippen LogP contribution is -2.16. The summed E-state index contributed by atoms with van der Waals surface area (Å²) < 4.78 is 37.9. The monoisotopic (exact) mass is 360 g/mol. The van der Waals surface area contributed by atoms with Crippen LogP contribution in [0.4, 0.5) is 18.9 Å². The normalized spacial score (nSPS) is 12.7. The lowest BCUT2D eigenvalue weighted by atomic mass is 9.94. The van der Waals surface area contributed by atoms with Crippen LogP contribution in [0.25, 0.3) is 0 Å². The Morgan fingerprint density at radius 1 is 1.29 bits per heavy atom. The molecule has 10 heteroatoms. The number of carboxylic acids is 1. The Labute approximate surface area is 137 Å². The molecule has 0 saturated heterocycles. The standard InChI is InChI=1S/C14H8ClF3N2O4/c15-10-5-8(14(16,17)18)6-19-12(10)11(13(21)22)7-1-3-9(4-2-7)20(23)24/h1-6,11H,(H,21,22). The summed E-state index contributed by atoms with van der Waals surface area (Å²) in [5.74, 6) is -2.86. The van der Waals surface area contributed by atoms with Gasteiger partial charge in [-0.1, -0.05) is 23.7 Å². The number of alkyl halides is 3. The number of non-ortho nitro benzene ring substituents is 1.